The van der Waals surface area contributed by atoms with E-state index in [9.17, 15) is 9.59 Å². The summed E-state index contributed by atoms with van der Waals surface area (Å²) in [5.74, 6) is 0.363. The fraction of sp³-hybridized carbons (Fsp3) is 0.417. The van der Waals surface area contributed by atoms with Crippen molar-refractivity contribution in [2.24, 2.45) is 0 Å². The molecule has 0 radical (unpaired) electrons. The van der Waals surface area contributed by atoms with E-state index >= 15 is 0 Å². The van der Waals surface area contributed by atoms with Gasteiger partial charge in [0.15, 0.2) is 6.61 Å². The molecule has 8 heteroatoms. The number of rotatable bonds is 5. The zero-order chi connectivity index (χ0) is 22.7. The Labute approximate surface area is 197 Å². The number of amides is 2. The van der Waals surface area contributed by atoms with Crippen molar-refractivity contribution in [3.63, 3.8) is 0 Å². The zero-order valence-corrected chi connectivity index (χ0v) is 19.4. The van der Waals surface area contributed by atoms with Gasteiger partial charge in [-0.15, -0.1) is 0 Å². The van der Waals surface area contributed by atoms with Gasteiger partial charge < -0.3 is 19.7 Å². The van der Waals surface area contributed by atoms with Gasteiger partial charge in [0.1, 0.15) is 11.9 Å². The largest absolute Gasteiger partial charge is 0.484 e. The van der Waals surface area contributed by atoms with E-state index < -0.39 is 6.10 Å². The summed E-state index contributed by atoms with van der Waals surface area (Å²) in [6, 6.07) is 12.5. The number of hydrogen-bond donors (Lipinski definition) is 1. The summed E-state index contributed by atoms with van der Waals surface area (Å²) < 4.78 is 11.3. The number of halogens is 2. The Kier molecular flexibility index (Phi) is 7.23. The molecular formula is C24H26Cl2N2O4. The molecule has 2 amide bonds. The van der Waals surface area contributed by atoms with Crippen molar-refractivity contribution in [1.29, 1.82) is 0 Å². The average molecular weight is 477 g/mol. The summed E-state index contributed by atoms with van der Waals surface area (Å²) >= 11 is 12.0. The molecule has 1 fully saturated rings. The maximum atomic E-state index is 13.1. The molecule has 32 heavy (non-hydrogen) atoms. The number of benzene rings is 2. The first-order chi connectivity index (χ1) is 15.4. The summed E-state index contributed by atoms with van der Waals surface area (Å²) in [5, 5.41) is 4.24. The fourth-order valence-electron chi connectivity index (χ4n) is 4.30. The van der Waals surface area contributed by atoms with Crippen LogP contribution in [0.3, 0.4) is 0 Å². The first-order valence-corrected chi connectivity index (χ1v) is 11.5. The molecule has 0 unspecified atom stereocenters. The van der Waals surface area contributed by atoms with Crippen molar-refractivity contribution in [3.05, 3.63) is 63.6 Å². The smallest absolute Gasteiger partial charge is 0.258 e. The van der Waals surface area contributed by atoms with E-state index in [4.69, 9.17) is 32.7 Å². The van der Waals surface area contributed by atoms with E-state index in [1.165, 1.54) is 5.56 Å². The van der Waals surface area contributed by atoms with Crippen LogP contribution in [-0.4, -0.2) is 48.6 Å². The molecule has 2 aliphatic rings. The Bertz CT molecular complexity index is 974. The van der Waals surface area contributed by atoms with Crippen LogP contribution >= 0.6 is 23.2 Å². The minimum Gasteiger partial charge on any atom is -0.484 e. The molecule has 3 atom stereocenters. The van der Waals surface area contributed by atoms with Crippen molar-refractivity contribution >= 4 is 35.0 Å². The normalized spacial score (nSPS) is 22.7. The Morgan fingerprint density at radius 1 is 1.12 bits per heavy atom. The number of carbonyl (C=O) groups is 2. The lowest BCUT2D eigenvalue weighted by atomic mass is 9.92. The highest BCUT2D eigenvalue weighted by atomic mass is 35.5. The highest BCUT2D eigenvalue weighted by Gasteiger charge is 2.35. The zero-order valence-electron chi connectivity index (χ0n) is 17.9. The van der Waals surface area contributed by atoms with E-state index in [2.05, 4.69) is 5.32 Å². The van der Waals surface area contributed by atoms with Crippen LogP contribution in [0.5, 0.6) is 5.75 Å². The molecule has 0 bridgehead atoms. The van der Waals surface area contributed by atoms with Crippen molar-refractivity contribution < 1.29 is 19.1 Å². The van der Waals surface area contributed by atoms with Gasteiger partial charge in [-0.2, -0.15) is 0 Å². The SMILES string of the molecule is C[C@H]1c2ccc(Cl)cc2CCN1C(=O)[C@@H]1CC[C@@H](NC(=O)COc2ccc(Cl)cc2)CO1. The predicted molar refractivity (Wildman–Crippen MR) is 123 cm³/mol. The molecule has 0 spiro atoms. The number of fused-ring (bicyclic) bond motifs is 1. The summed E-state index contributed by atoms with van der Waals surface area (Å²) in [4.78, 5) is 27.2. The lowest BCUT2D eigenvalue weighted by Gasteiger charge is -2.39. The second-order valence-electron chi connectivity index (χ2n) is 8.21. The number of nitrogens with one attached hydrogen (secondary N) is 1. The number of hydrogen-bond acceptors (Lipinski definition) is 4. The lowest BCUT2D eigenvalue weighted by Crippen LogP contribution is -2.50. The minimum atomic E-state index is -0.482. The van der Waals surface area contributed by atoms with E-state index in [0.717, 1.165) is 17.0 Å². The first-order valence-electron chi connectivity index (χ1n) is 10.8. The maximum Gasteiger partial charge on any atom is 0.258 e. The molecule has 0 aromatic heterocycles. The number of nitrogens with zero attached hydrogens (tertiary/aromatic N) is 1. The number of carbonyl (C=O) groups excluding carboxylic acids is 2. The molecule has 2 heterocycles. The van der Waals surface area contributed by atoms with E-state index in [-0.39, 0.29) is 30.5 Å². The summed E-state index contributed by atoms with van der Waals surface area (Å²) in [7, 11) is 0. The molecular weight excluding hydrogens is 451 g/mol. The number of ether oxygens (including phenoxy) is 2. The van der Waals surface area contributed by atoms with Crippen LogP contribution in [0.25, 0.3) is 0 Å². The van der Waals surface area contributed by atoms with Crippen LogP contribution in [0.4, 0.5) is 0 Å². The fourth-order valence-corrected chi connectivity index (χ4v) is 4.62. The molecule has 0 aliphatic carbocycles. The van der Waals surface area contributed by atoms with Gasteiger partial charge in [0.2, 0.25) is 0 Å². The van der Waals surface area contributed by atoms with Gasteiger partial charge >= 0.3 is 0 Å². The third-order valence-corrected chi connectivity index (χ3v) is 6.51. The second kappa shape index (κ2) is 10.1. The lowest BCUT2D eigenvalue weighted by molar-refractivity contribution is -0.150. The molecule has 2 aliphatic heterocycles. The molecule has 1 N–H and O–H groups in total. The summed E-state index contributed by atoms with van der Waals surface area (Å²) in [6.07, 6.45) is 1.55. The van der Waals surface area contributed by atoms with Crippen molar-refractivity contribution in [2.45, 2.75) is 44.4 Å². The highest BCUT2D eigenvalue weighted by molar-refractivity contribution is 6.30. The van der Waals surface area contributed by atoms with Crippen LogP contribution in [0.1, 0.15) is 36.9 Å². The molecule has 0 saturated carbocycles. The molecule has 4 rings (SSSR count). The minimum absolute atomic E-state index is 0.00829. The van der Waals surface area contributed by atoms with Crippen molar-refractivity contribution in [2.75, 3.05) is 19.8 Å². The van der Waals surface area contributed by atoms with E-state index in [1.54, 1.807) is 24.3 Å². The Morgan fingerprint density at radius 3 is 2.59 bits per heavy atom. The van der Waals surface area contributed by atoms with Gasteiger partial charge in [0.25, 0.3) is 11.8 Å². The average Bonchev–Trinajstić information content (AvgIpc) is 2.79. The maximum absolute atomic E-state index is 13.1. The Balaban J connectivity index is 1.24. The van der Waals surface area contributed by atoms with Crippen molar-refractivity contribution in [1.82, 2.24) is 10.2 Å². The van der Waals surface area contributed by atoms with Gasteiger partial charge in [-0.1, -0.05) is 29.3 Å². The third-order valence-electron chi connectivity index (χ3n) is 6.03. The van der Waals surface area contributed by atoms with Crippen LogP contribution < -0.4 is 10.1 Å². The van der Waals surface area contributed by atoms with Crippen LogP contribution in [0, 0.1) is 0 Å². The molecule has 170 valence electrons. The molecule has 2 aromatic carbocycles. The predicted octanol–water partition coefficient (Wildman–Crippen LogP) is 4.18. The van der Waals surface area contributed by atoms with Gasteiger partial charge in [-0.05, 0) is 73.7 Å². The molecule has 6 nitrogen and oxygen atoms in total. The molecule has 1 saturated heterocycles. The van der Waals surface area contributed by atoms with Crippen LogP contribution in [-0.2, 0) is 20.7 Å². The van der Waals surface area contributed by atoms with Crippen LogP contribution in [0.2, 0.25) is 10.0 Å². The summed E-state index contributed by atoms with van der Waals surface area (Å²) in [6.45, 7) is 2.90. The van der Waals surface area contributed by atoms with Gasteiger partial charge in [0.05, 0.1) is 18.7 Å². The van der Waals surface area contributed by atoms with Crippen molar-refractivity contribution in [3.8, 4) is 5.75 Å². The highest BCUT2D eigenvalue weighted by Crippen LogP contribution is 2.32. The van der Waals surface area contributed by atoms with Gasteiger partial charge in [0, 0.05) is 16.6 Å². The second-order valence-corrected chi connectivity index (χ2v) is 9.08. The first kappa shape index (κ1) is 22.9. The Morgan fingerprint density at radius 2 is 1.88 bits per heavy atom. The topological polar surface area (TPSA) is 67.9 Å². The van der Waals surface area contributed by atoms with Gasteiger partial charge in [-0.25, -0.2) is 0 Å². The summed E-state index contributed by atoms with van der Waals surface area (Å²) in [5.41, 5.74) is 2.33. The van der Waals surface area contributed by atoms with Crippen LogP contribution in [0.15, 0.2) is 42.5 Å². The van der Waals surface area contributed by atoms with Gasteiger partial charge in [-0.3, -0.25) is 9.59 Å². The monoisotopic (exact) mass is 476 g/mol. The van der Waals surface area contributed by atoms with E-state index in [0.29, 0.717) is 36.8 Å². The molecule has 2 aromatic rings. The third kappa shape index (κ3) is 5.37. The standard InChI is InChI=1S/C24H26Cl2N2O4/c1-15-21-8-4-18(26)12-16(21)10-11-28(15)24(30)22-9-5-19(13-32-22)27-23(29)14-31-20-6-2-17(25)3-7-20/h2-4,6-8,12,15,19,22H,5,9-11,13-14H2,1H3,(H,27,29)/t15-,19+,22-/m0/s1. The Hall–Kier alpha value is -2.28. The quantitative estimate of drug-likeness (QED) is 0.702. The van der Waals surface area contributed by atoms with E-state index in [1.807, 2.05) is 30.0 Å².